The summed E-state index contributed by atoms with van der Waals surface area (Å²) in [5.41, 5.74) is 1.39. The number of fused-ring (bicyclic) bond motifs is 1. The zero-order valence-corrected chi connectivity index (χ0v) is 20.8. The summed E-state index contributed by atoms with van der Waals surface area (Å²) in [7, 11) is 0. The van der Waals surface area contributed by atoms with E-state index < -0.39 is 52.8 Å². The second-order valence-corrected chi connectivity index (χ2v) is 12.4. The molecule has 8 nitrogen and oxygen atoms in total. The highest BCUT2D eigenvalue weighted by Crippen LogP contribution is 2.67. The number of aliphatic carboxylic acids is 1. The van der Waals surface area contributed by atoms with E-state index >= 15 is 4.39 Å². The minimum Gasteiger partial charge on any atom is -0.479 e. The Hall–Kier alpha value is -1.74. The summed E-state index contributed by atoms with van der Waals surface area (Å²) in [4.78, 5) is 38.1. The van der Waals surface area contributed by atoms with Crippen LogP contribution in [0.5, 0.6) is 0 Å². The van der Waals surface area contributed by atoms with Gasteiger partial charge in [-0.25, -0.2) is 14.0 Å². The van der Waals surface area contributed by atoms with Crippen LogP contribution in [0.4, 0.5) is 4.39 Å². The summed E-state index contributed by atoms with van der Waals surface area (Å²) in [5.74, 6) is -3.07. The van der Waals surface area contributed by atoms with Crippen LogP contribution >= 0.6 is 0 Å². The quantitative estimate of drug-likeness (QED) is 0.369. The maximum absolute atomic E-state index is 15.2. The molecule has 1 unspecified atom stereocenters. The molecule has 0 radical (unpaired) electrons. The molecule has 6 aliphatic rings. The number of alkyl halides is 1. The number of ether oxygens (including phenoxy) is 3. The Morgan fingerprint density at radius 2 is 1.51 bits per heavy atom. The highest BCUT2D eigenvalue weighted by molar-refractivity contribution is 5.91. The number of halogens is 1. The second kappa shape index (κ2) is 8.40. The molecule has 35 heavy (non-hydrogen) atoms. The topological polar surface area (TPSA) is 125 Å². The van der Waals surface area contributed by atoms with Crippen LogP contribution in [0.25, 0.3) is 0 Å². The molecule has 0 aromatic heterocycles. The van der Waals surface area contributed by atoms with Crippen molar-refractivity contribution < 1.29 is 38.1 Å². The molecule has 9 heteroatoms. The smallest absolute Gasteiger partial charge is 0.342 e. The van der Waals surface area contributed by atoms with Gasteiger partial charge in [0.2, 0.25) is 12.0 Å². The van der Waals surface area contributed by atoms with Gasteiger partial charge in [-0.1, -0.05) is 13.8 Å². The lowest BCUT2D eigenvalue weighted by Crippen LogP contribution is -2.61. The van der Waals surface area contributed by atoms with Gasteiger partial charge < -0.3 is 25.1 Å². The zero-order valence-electron chi connectivity index (χ0n) is 20.8. The summed E-state index contributed by atoms with van der Waals surface area (Å²) < 4.78 is 32.1. The lowest BCUT2D eigenvalue weighted by atomic mass is 9.49. The van der Waals surface area contributed by atoms with Gasteiger partial charge in [0.15, 0.2) is 0 Å². The zero-order chi connectivity index (χ0) is 25.3. The van der Waals surface area contributed by atoms with Gasteiger partial charge in [-0.15, -0.1) is 0 Å². The molecular weight excluding hydrogens is 457 g/mol. The summed E-state index contributed by atoms with van der Waals surface area (Å²) in [5, 5.41) is 9.43. The van der Waals surface area contributed by atoms with Crippen molar-refractivity contribution in [2.45, 2.75) is 95.7 Å². The van der Waals surface area contributed by atoms with Gasteiger partial charge in [0.05, 0.1) is 11.5 Å². The molecule has 4 bridgehead atoms. The molecule has 0 amide bonds. The lowest BCUT2D eigenvalue weighted by Gasteiger charge is -2.55. The van der Waals surface area contributed by atoms with Gasteiger partial charge in [-0.2, -0.15) is 0 Å². The van der Waals surface area contributed by atoms with E-state index in [0.29, 0.717) is 30.3 Å². The number of carboxylic acids is 1. The van der Waals surface area contributed by atoms with Crippen LogP contribution in [0.15, 0.2) is 0 Å². The van der Waals surface area contributed by atoms with Crippen molar-refractivity contribution >= 4 is 17.9 Å². The Labute approximate surface area is 205 Å². The number of carboxylic acid groups (broad SMARTS) is 1. The summed E-state index contributed by atoms with van der Waals surface area (Å²) in [6.45, 7) is 5.82. The molecule has 0 aromatic carbocycles. The average Bonchev–Trinajstić information content (AvgIpc) is 3.23. The fourth-order valence-electron chi connectivity index (χ4n) is 8.15. The van der Waals surface area contributed by atoms with Crippen molar-refractivity contribution in [1.82, 2.24) is 0 Å². The van der Waals surface area contributed by atoms with Gasteiger partial charge in [-0.3, -0.25) is 4.79 Å². The number of esters is 2. The van der Waals surface area contributed by atoms with Gasteiger partial charge in [0, 0.05) is 25.4 Å². The Kier molecular flexibility index (Phi) is 5.98. The van der Waals surface area contributed by atoms with E-state index in [1.807, 2.05) is 13.8 Å². The van der Waals surface area contributed by atoms with Crippen LogP contribution in [-0.4, -0.2) is 53.2 Å². The number of hydrogen-bond donors (Lipinski definition) is 2. The minimum atomic E-state index is -2.58. The fourth-order valence-corrected chi connectivity index (χ4v) is 8.15. The summed E-state index contributed by atoms with van der Waals surface area (Å²) >= 11 is 0. The van der Waals surface area contributed by atoms with Crippen molar-refractivity contribution in [1.29, 1.82) is 0 Å². The predicted molar refractivity (Wildman–Crippen MR) is 121 cm³/mol. The van der Waals surface area contributed by atoms with Gasteiger partial charge >= 0.3 is 17.9 Å². The van der Waals surface area contributed by atoms with Crippen LogP contribution in [0.3, 0.4) is 0 Å². The van der Waals surface area contributed by atoms with Crippen LogP contribution in [0.2, 0.25) is 0 Å². The first-order chi connectivity index (χ1) is 16.4. The van der Waals surface area contributed by atoms with Crippen LogP contribution in [0.1, 0.15) is 72.1 Å². The van der Waals surface area contributed by atoms with E-state index in [1.54, 1.807) is 0 Å². The first-order valence-electron chi connectivity index (χ1n) is 13.1. The molecule has 6 atom stereocenters. The SMILES string of the molecule is CC(C)CCOC1C[C@@H]2[C@@H]([C@@]2(F)C(=O)O)[C@]1(N)C(=O)O[C@@H](C)OC(=O)C12CC3CC(CC(C3)C1)C2. The van der Waals surface area contributed by atoms with Gasteiger partial charge in [0.25, 0.3) is 0 Å². The number of rotatable bonds is 9. The monoisotopic (exact) mass is 495 g/mol. The van der Waals surface area contributed by atoms with Crippen molar-refractivity contribution in [3.05, 3.63) is 0 Å². The number of carbonyl (C=O) groups is 3. The van der Waals surface area contributed by atoms with E-state index in [1.165, 1.54) is 26.2 Å². The second-order valence-electron chi connectivity index (χ2n) is 12.4. The normalized spacial score (nSPS) is 45.8. The molecule has 0 heterocycles. The average molecular weight is 496 g/mol. The Morgan fingerprint density at radius 3 is 2.03 bits per heavy atom. The van der Waals surface area contributed by atoms with E-state index in [0.717, 1.165) is 25.7 Å². The molecule has 6 saturated carbocycles. The predicted octanol–water partition coefficient (Wildman–Crippen LogP) is 3.21. The first-order valence-corrected chi connectivity index (χ1v) is 13.1. The van der Waals surface area contributed by atoms with Crippen molar-refractivity contribution in [3.8, 4) is 0 Å². The molecule has 6 aliphatic carbocycles. The molecular formula is C26H38FNO7. The van der Waals surface area contributed by atoms with Crippen molar-refractivity contribution in [2.24, 2.45) is 46.7 Å². The fraction of sp³-hybridized carbons (Fsp3) is 0.885. The summed E-state index contributed by atoms with van der Waals surface area (Å²) in [6, 6.07) is 0. The van der Waals surface area contributed by atoms with E-state index in [2.05, 4.69) is 0 Å². The molecule has 6 fully saturated rings. The number of carbonyl (C=O) groups excluding carboxylic acids is 2. The van der Waals surface area contributed by atoms with Crippen LogP contribution in [0, 0.1) is 40.9 Å². The third-order valence-corrected chi connectivity index (χ3v) is 9.51. The number of hydrogen-bond acceptors (Lipinski definition) is 7. The van der Waals surface area contributed by atoms with E-state index in [-0.39, 0.29) is 12.4 Å². The van der Waals surface area contributed by atoms with Gasteiger partial charge in [0.1, 0.15) is 5.54 Å². The van der Waals surface area contributed by atoms with E-state index in [4.69, 9.17) is 19.9 Å². The van der Waals surface area contributed by atoms with Crippen molar-refractivity contribution in [2.75, 3.05) is 6.61 Å². The molecule has 196 valence electrons. The third-order valence-electron chi connectivity index (χ3n) is 9.51. The Balaban J connectivity index is 1.26. The Morgan fingerprint density at radius 1 is 0.971 bits per heavy atom. The Bertz CT molecular complexity index is 873. The minimum absolute atomic E-state index is 0.0264. The highest BCUT2D eigenvalue weighted by atomic mass is 19.1. The standard InChI is InChI=1S/C26H38FNO7/c1-13(2)4-5-33-19-9-18-20(25(18,27)21(29)30)26(19,28)23(32)35-14(3)34-22(31)24-10-15-6-16(11-24)8-17(7-15)12-24/h13-20H,4-12,28H2,1-3H3,(H,29,30)/t14-,15?,16?,17?,18+,19?,20-,24?,25+,26-/m0/s1. The number of nitrogens with two attached hydrogens (primary N) is 1. The van der Waals surface area contributed by atoms with Crippen LogP contribution < -0.4 is 5.73 Å². The first kappa shape index (κ1) is 24.9. The lowest BCUT2D eigenvalue weighted by molar-refractivity contribution is -0.206. The largest absolute Gasteiger partial charge is 0.479 e. The van der Waals surface area contributed by atoms with Crippen LogP contribution in [-0.2, 0) is 28.6 Å². The maximum Gasteiger partial charge on any atom is 0.342 e. The molecule has 3 N–H and O–H groups in total. The maximum atomic E-state index is 15.2. The molecule has 6 rings (SSSR count). The highest BCUT2D eigenvalue weighted by Gasteiger charge is 2.85. The molecule has 0 aliphatic heterocycles. The molecule has 0 aromatic rings. The third kappa shape index (κ3) is 3.88. The van der Waals surface area contributed by atoms with Gasteiger partial charge in [-0.05, 0) is 75.0 Å². The molecule has 0 saturated heterocycles. The van der Waals surface area contributed by atoms with Crippen molar-refractivity contribution in [3.63, 3.8) is 0 Å². The molecule has 0 spiro atoms. The van der Waals surface area contributed by atoms with E-state index in [9.17, 15) is 19.5 Å². The summed E-state index contributed by atoms with van der Waals surface area (Å²) in [6.07, 6.45) is 4.67.